The van der Waals surface area contributed by atoms with Gasteiger partial charge in [0.2, 0.25) is 0 Å². The summed E-state index contributed by atoms with van der Waals surface area (Å²) in [4.78, 5) is 23.8. The van der Waals surface area contributed by atoms with Gasteiger partial charge in [-0.15, -0.1) is 0 Å². The van der Waals surface area contributed by atoms with E-state index in [4.69, 9.17) is 4.74 Å². The monoisotopic (exact) mass is 332 g/mol. The Labute approximate surface area is 143 Å². The Bertz CT molecular complexity index is 623. The van der Waals surface area contributed by atoms with Crippen LogP contribution >= 0.6 is 0 Å². The Morgan fingerprint density at radius 3 is 2.75 bits per heavy atom. The molecule has 3 aliphatic carbocycles. The lowest BCUT2D eigenvalue weighted by Gasteiger charge is -2.61. The van der Waals surface area contributed by atoms with Crippen LogP contribution < -0.4 is 0 Å². The summed E-state index contributed by atoms with van der Waals surface area (Å²) >= 11 is 0. The van der Waals surface area contributed by atoms with Crippen molar-refractivity contribution < 1.29 is 19.4 Å². The summed E-state index contributed by atoms with van der Waals surface area (Å²) < 4.78 is 5.56. The van der Waals surface area contributed by atoms with E-state index < -0.39 is 11.4 Å². The van der Waals surface area contributed by atoms with Gasteiger partial charge in [-0.25, -0.2) is 4.79 Å². The third-order valence-corrected chi connectivity index (χ3v) is 8.17. The zero-order valence-corrected chi connectivity index (χ0v) is 14.9. The molecule has 4 nitrogen and oxygen atoms in total. The molecule has 4 aliphatic rings. The van der Waals surface area contributed by atoms with E-state index in [0.29, 0.717) is 17.8 Å². The first-order chi connectivity index (χ1) is 11.3. The molecular formula is C20H28O4. The van der Waals surface area contributed by atoms with Gasteiger partial charge in [0.1, 0.15) is 6.10 Å². The molecule has 0 aromatic rings. The summed E-state index contributed by atoms with van der Waals surface area (Å²) in [6.45, 7) is 6.53. The molecule has 0 aromatic carbocycles. The second kappa shape index (κ2) is 5.09. The molecule has 3 fully saturated rings. The van der Waals surface area contributed by atoms with Crippen molar-refractivity contribution in [2.45, 2.75) is 65.4 Å². The summed E-state index contributed by atoms with van der Waals surface area (Å²) in [5.74, 6) is 0.788. The molecule has 0 amide bonds. The molecule has 4 heteroatoms. The maximum Gasteiger partial charge on any atom is 0.331 e. The normalized spacial score (nSPS) is 50.2. The zero-order chi connectivity index (χ0) is 17.3. The first-order valence-corrected chi connectivity index (χ1v) is 9.43. The minimum absolute atomic E-state index is 0.0447. The topological polar surface area (TPSA) is 63.6 Å². The molecule has 0 aromatic heterocycles. The van der Waals surface area contributed by atoms with Crippen LogP contribution in [0.3, 0.4) is 0 Å². The molecule has 0 radical (unpaired) electrons. The molecule has 3 saturated carbocycles. The highest BCUT2D eigenvalue weighted by Gasteiger charge is 2.61. The van der Waals surface area contributed by atoms with Crippen molar-refractivity contribution in [2.75, 3.05) is 0 Å². The van der Waals surface area contributed by atoms with Gasteiger partial charge in [0.05, 0.1) is 5.41 Å². The molecule has 1 aliphatic heterocycles. The van der Waals surface area contributed by atoms with Crippen molar-refractivity contribution >= 4 is 11.9 Å². The van der Waals surface area contributed by atoms with Gasteiger partial charge < -0.3 is 9.84 Å². The predicted octanol–water partition coefficient (Wildman–Crippen LogP) is 3.80. The van der Waals surface area contributed by atoms with Crippen LogP contribution in [0.4, 0.5) is 0 Å². The lowest BCUT2D eigenvalue weighted by Crippen LogP contribution is -2.57. The van der Waals surface area contributed by atoms with Gasteiger partial charge in [0.15, 0.2) is 0 Å². The molecule has 24 heavy (non-hydrogen) atoms. The first-order valence-electron chi connectivity index (χ1n) is 9.43. The number of carbonyl (C=O) groups excluding carboxylic acids is 1. The van der Waals surface area contributed by atoms with E-state index in [1.165, 1.54) is 5.57 Å². The smallest absolute Gasteiger partial charge is 0.331 e. The number of esters is 1. The Morgan fingerprint density at radius 2 is 2.04 bits per heavy atom. The van der Waals surface area contributed by atoms with Crippen molar-refractivity contribution in [1.82, 2.24) is 0 Å². The van der Waals surface area contributed by atoms with Crippen molar-refractivity contribution in [3.63, 3.8) is 0 Å². The standard InChI is InChI=1S/C20H28O4/c1-11-12-5-6-16-19(2,7-4-8-20(16,3)18(22)23)14(12)10-15-13(11)9-17(21)24-15/h9,11-12,14-16H,4-8,10H2,1-3H3,(H,22,23)/t11-,12+,14+,15-,16-,19-,20-/m1/s1. The molecule has 0 bridgehead atoms. The fourth-order valence-electron chi connectivity index (χ4n) is 6.91. The summed E-state index contributed by atoms with van der Waals surface area (Å²) in [5.41, 5.74) is 0.618. The number of hydrogen-bond acceptors (Lipinski definition) is 3. The van der Waals surface area contributed by atoms with E-state index in [9.17, 15) is 14.7 Å². The fourth-order valence-corrected chi connectivity index (χ4v) is 6.91. The second-order valence-corrected chi connectivity index (χ2v) is 9.08. The second-order valence-electron chi connectivity index (χ2n) is 9.08. The molecule has 7 atom stereocenters. The lowest BCUT2D eigenvalue weighted by atomic mass is 9.43. The minimum atomic E-state index is -0.631. The van der Waals surface area contributed by atoms with Gasteiger partial charge in [-0.2, -0.15) is 0 Å². The highest BCUT2D eigenvalue weighted by Crippen LogP contribution is 2.65. The van der Waals surface area contributed by atoms with Crippen LogP contribution in [0.25, 0.3) is 0 Å². The van der Waals surface area contributed by atoms with Gasteiger partial charge in [-0.1, -0.05) is 20.3 Å². The average molecular weight is 332 g/mol. The number of carboxylic acids is 1. The largest absolute Gasteiger partial charge is 0.481 e. The Balaban J connectivity index is 1.71. The van der Waals surface area contributed by atoms with E-state index in [1.807, 2.05) is 6.92 Å². The summed E-state index contributed by atoms with van der Waals surface area (Å²) in [6.07, 6.45) is 7.48. The summed E-state index contributed by atoms with van der Waals surface area (Å²) in [7, 11) is 0. The van der Waals surface area contributed by atoms with E-state index in [0.717, 1.165) is 38.5 Å². The van der Waals surface area contributed by atoms with Gasteiger partial charge in [-0.05, 0) is 73.7 Å². The average Bonchev–Trinajstić information content (AvgIpc) is 2.89. The van der Waals surface area contributed by atoms with Crippen LogP contribution in [0.1, 0.15) is 59.3 Å². The predicted molar refractivity (Wildman–Crippen MR) is 89.1 cm³/mol. The maximum absolute atomic E-state index is 12.0. The van der Waals surface area contributed by atoms with Crippen molar-refractivity contribution in [1.29, 1.82) is 0 Å². The number of fused-ring (bicyclic) bond motifs is 4. The fraction of sp³-hybridized carbons (Fsp3) is 0.800. The molecule has 132 valence electrons. The number of rotatable bonds is 1. The van der Waals surface area contributed by atoms with E-state index >= 15 is 0 Å². The van der Waals surface area contributed by atoms with Crippen LogP contribution in [-0.2, 0) is 14.3 Å². The summed E-state index contributed by atoms with van der Waals surface area (Å²) in [6, 6.07) is 0. The molecule has 0 unspecified atom stereocenters. The lowest BCUT2D eigenvalue weighted by molar-refractivity contribution is -0.175. The maximum atomic E-state index is 12.0. The number of hydrogen-bond donors (Lipinski definition) is 1. The number of ether oxygens (including phenoxy) is 1. The van der Waals surface area contributed by atoms with E-state index in [2.05, 4.69) is 13.8 Å². The Hall–Kier alpha value is -1.32. The van der Waals surface area contributed by atoms with Crippen LogP contribution in [0.15, 0.2) is 11.6 Å². The molecule has 4 rings (SSSR count). The van der Waals surface area contributed by atoms with Crippen LogP contribution in [0.2, 0.25) is 0 Å². The quantitative estimate of drug-likeness (QED) is 0.742. The third-order valence-electron chi connectivity index (χ3n) is 8.17. The number of carboxylic acid groups (broad SMARTS) is 1. The van der Waals surface area contributed by atoms with Crippen LogP contribution in [0, 0.1) is 34.5 Å². The zero-order valence-electron chi connectivity index (χ0n) is 14.9. The molecular weight excluding hydrogens is 304 g/mol. The molecule has 0 spiro atoms. The van der Waals surface area contributed by atoms with Gasteiger partial charge in [0.25, 0.3) is 0 Å². The highest BCUT2D eigenvalue weighted by molar-refractivity contribution is 5.86. The Kier molecular flexibility index (Phi) is 3.43. The molecule has 1 heterocycles. The van der Waals surface area contributed by atoms with Crippen LogP contribution in [-0.4, -0.2) is 23.1 Å². The molecule has 0 saturated heterocycles. The minimum Gasteiger partial charge on any atom is -0.481 e. The van der Waals surface area contributed by atoms with Crippen molar-refractivity contribution in [3.05, 3.63) is 11.6 Å². The summed E-state index contributed by atoms with van der Waals surface area (Å²) in [5, 5.41) is 9.91. The SMILES string of the molecule is C[C@H]1C2=CC(=O)O[C@@H]2C[C@H]2[C@H]1CC[C@@H]1[C@]2(C)CCC[C@@]1(C)C(=O)O. The van der Waals surface area contributed by atoms with Crippen molar-refractivity contribution in [3.8, 4) is 0 Å². The van der Waals surface area contributed by atoms with E-state index in [1.54, 1.807) is 6.08 Å². The Morgan fingerprint density at radius 1 is 1.29 bits per heavy atom. The van der Waals surface area contributed by atoms with E-state index in [-0.39, 0.29) is 23.4 Å². The van der Waals surface area contributed by atoms with Gasteiger partial charge >= 0.3 is 11.9 Å². The van der Waals surface area contributed by atoms with Gasteiger partial charge in [-0.3, -0.25) is 4.79 Å². The first kappa shape index (κ1) is 16.2. The third kappa shape index (κ3) is 1.98. The number of carbonyl (C=O) groups is 2. The van der Waals surface area contributed by atoms with Gasteiger partial charge in [0, 0.05) is 6.08 Å². The highest BCUT2D eigenvalue weighted by atomic mass is 16.5. The van der Waals surface area contributed by atoms with Crippen LogP contribution in [0.5, 0.6) is 0 Å². The van der Waals surface area contributed by atoms with Crippen molar-refractivity contribution in [2.24, 2.45) is 34.5 Å². The molecule has 1 N–H and O–H groups in total. The number of aliphatic carboxylic acids is 1.